The number of thiophene rings is 1. The van der Waals surface area contributed by atoms with E-state index in [9.17, 15) is 10.1 Å². The van der Waals surface area contributed by atoms with Crippen molar-refractivity contribution < 1.29 is 14.3 Å². The van der Waals surface area contributed by atoms with E-state index in [1.807, 2.05) is 18.2 Å². The van der Waals surface area contributed by atoms with Gasteiger partial charge in [-0.1, -0.05) is 6.42 Å². The number of carbonyl (C=O) groups is 1. The van der Waals surface area contributed by atoms with E-state index in [2.05, 4.69) is 16.7 Å². The molecule has 1 aromatic heterocycles. The first-order chi connectivity index (χ1) is 13.7. The molecule has 6 nitrogen and oxygen atoms in total. The third kappa shape index (κ3) is 3.78. The van der Waals surface area contributed by atoms with Crippen molar-refractivity contribution in [2.75, 3.05) is 23.8 Å². The van der Waals surface area contributed by atoms with Crippen LogP contribution in [0.25, 0.3) is 0 Å². The normalized spacial score (nSPS) is 16.3. The van der Waals surface area contributed by atoms with Crippen LogP contribution in [0.15, 0.2) is 18.2 Å². The van der Waals surface area contributed by atoms with Crippen LogP contribution in [-0.2, 0) is 17.6 Å². The lowest BCUT2D eigenvalue weighted by molar-refractivity contribution is -0.116. The van der Waals surface area contributed by atoms with Crippen LogP contribution >= 0.6 is 11.3 Å². The van der Waals surface area contributed by atoms with E-state index in [0.717, 1.165) is 36.9 Å². The van der Waals surface area contributed by atoms with Crippen molar-refractivity contribution in [1.82, 2.24) is 0 Å². The van der Waals surface area contributed by atoms with Gasteiger partial charge in [-0.15, -0.1) is 11.3 Å². The van der Waals surface area contributed by atoms with Crippen molar-refractivity contribution in [2.24, 2.45) is 0 Å². The highest BCUT2D eigenvalue weighted by Gasteiger charge is 2.23. The van der Waals surface area contributed by atoms with E-state index in [1.54, 1.807) is 18.3 Å². The third-order valence-corrected chi connectivity index (χ3v) is 6.30. The first-order valence-electron chi connectivity index (χ1n) is 9.67. The van der Waals surface area contributed by atoms with Gasteiger partial charge in [0.1, 0.15) is 30.3 Å². The smallest absolute Gasteiger partial charge is 0.247 e. The quantitative estimate of drug-likeness (QED) is 0.759. The Bertz CT molecular complexity index is 932. The fraction of sp³-hybridized carbons (Fsp3) is 0.429. The van der Waals surface area contributed by atoms with Crippen LogP contribution in [0.2, 0.25) is 0 Å². The Morgan fingerprint density at radius 3 is 2.79 bits per heavy atom. The van der Waals surface area contributed by atoms with Gasteiger partial charge in [-0.3, -0.25) is 4.79 Å². The summed E-state index contributed by atoms with van der Waals surface area (Å²) in [5, 5.41) is 16.4. The monoisotopic (exact) mass is 397 g/mol. The Morgan fingerprint density at radius 2 is 1.96 bits per heavy atom. The molecule has 0 fully saturated rings. The molecule has 2 aliphatic rings. The molecule has 146 valence electrons. The summed E-state index contributed by atoms with van der Waals surface area (Å²) < 4.78 is 11.1. The number of ether oxygens (including phenoxy) is 2. The number of benzene rings is 1. The van der Waals surface area contributed by atoms with Crippen molar-refractivity contribution >= 4 is 27.9 Å². The number of amides is 1. The number of rotatable bonds is 4. The number of hydrogen-bond acceptors (Lipinski definition) is 6. The highest BCUT2D eigenvalue weighted by atomic mass is 32.1. The predicted octanol–water partition coefficient (Wildman–Crippen LogP) is 4.10. The molecular formula is C21H23N3O3S. The summed E-state index contributed by atoms with van der Waals surface area (Å²) in [4.78, 5) is 14.0. The average Bonchev–Trinajstić information content (AvgIpc) is 2.86. The molecule has 0 spiro atoms. The molecule has 1 amide bonds. The number of carbonyl (C=O) groups excluding carboxylic acids is 1. The molecular weight excluding hydrogens is 374 g/mol. The molecule has 2 N–H and O–H groups in total. The summed E-state index contributed by atoms with van der Waals surface area (Å²) in [6.07, 6.45) is 5.37. The topological polar surface area (TPSA) is 83.4 Å². The van der Waals surface area contributed by atoms with Crippen molar-refractivity contribution in [1.29, 1.82) is 5.26 Å². The highest BCUT2D eigenvalue weighted by Crippen LogP contribution is 2.37. The van der Waals surface area contributed by atoms with Gasteiger partial charge in [0, 0.05) is 16.6 Å². The van der Waals surface area contributed by atoms with E-state index < -0.39 is 6.04 Å². The van der Waals surface area contributed by atoms with Crippen molar-refractivity contribution in [2.45, 2.75) is 45.1 Å². The number of fused-ring (bicyclic) bond motifs is 2. The highest BCUT2D eigenvalue weighted by molar-refractivity contribution is 7.16. The molecule has 4 rings (SSSR count). The van der Waals surface area contributed by atoms with Crippen molar-refractivity contribution in [3.05, 3.63) is 34.2 Å². The minimum Gasteiger partial charge on any atom is -0.486 e. The Balaban J connectivity index is 1.46. The summed E-state index contributed by atoms with van der Waals surface area (Å²) in [7, 11) is 0. The number of nitriles is 1. The summed E-state index contributed by atoms with van der Waals surface area (Å²) >= 11 is 1.55. The van der Waals surface area contributed by atoms with Gasteiger partial charge in [0.25, 0.3) is 0 Å². The van der Waals surface area contributed by atoms with Crippen molar-refractivity contribution in [3.63, 3.8) is 0 Å². The summed E-state index contributed by atoms with van der Waals surface area (Å²) in [5.74, 6) is 1.23. The maximum Gasteiger partial charge on any atom is 0.247 e. The Labute approximate surface area is 168 Å². The second kappa shape index (κ2) is 8.11. The van der Waals surface area contributed by atoms with Crippen LogP contribution in [0.1, 0.15) is 42.2 Å². The van der Waals surface area contributed by atoms with Gasteiger partial charge in [0.15, 0.2) is 11.5 Å². The van der Waals surface area contributed by atoms with E-state index >= 15 is 0 Å². The number of nitrogens with zero attached hydrogens (tertiary/aromatic N) is 1. The lowest BCUT2D eigenvalue weighted by Crippen LogP contribution is -2.31. The maximum atomic E-state index is 12.7. The molecule has 0 radical (unpaired) electrons. The molecule has 28 heavy (non-hydrogen) atoms. The Morgan fingerprint density at radius 1 is 1.18 bits per heavy atom. The molecule has 1 aromatic carbocycles. The molecule has 7 heteroatoms. The van der Waals surface area contributed by atoms with E-state index in [4.69, 9.17) is 9.47 Å². The van der Waals surface area contributed by atoms with Gasteiger partial charge in [-0.05, 0) is 50.3 Å². The van der Waals surface area contributed by atoms with Gasteiger partial charge >= 0.3 is 0 Å². The van der Waals surface area contributed by atoms with E-state index in [1.165, 1.54) is 11.3 Å². The number of nitrogens with one attached hydrogen (secondary N) is 2. The van der Waals surface area contributed by atoms with Gasteiger partial charge < -0.3 is 20.1 Å². The molecule has 1 atom stereocenters. The lowest BCUT2D eigenvalue weighted by Gasteiger charge is -2.20. The summed E-state index contributed by atoms with van der Waals surface area (Å²) in [5.41, 5.74) is 2.56. The van der Waals surface area contributed by atoms with Crippen LogP contribution in [0.3, 0.4) is 0 Å². The van der Waals surface area contributed by atoms with Crippen LogP contribution in [0.4, 0.5) is 10.7 Å². The van der Waals surface area contributed by atoms with E-state index in [-0.39, 0.29) is 5.91 Å². The zero-order valence-corrected chi connectivity index (χ0v) is 16.7. The first-order valence-corrected chi connectivity index (χ1v) is 10.5. The second-order valence-electron chi connectivity index (χ2n) is 7.09. The van der Waals surface area contributed by atoms with Gasteiger partial charge in [0.2, 0.25) is 5.91 Å². The molecule has 1 aliphatic carbocycles. The van der Waals surface area contributed by atoms with Crippen molar-refractivity contribution in [3.8, 4) is 17.6 Å². The first kappa shape index (κ1) is 18.6. The second-order valence-corrected chi connectivity index (χ2v) is 8.20. The largest absolute Gasteiger partial charge is 0.486 e. The molecule has 1 unspecified atom stereocenters. The summed E-state index contributed by atoms with van der Waals surface area (Å²) in [6.45, 7) is 2.87. The molecule has 1 aliphatic heterocycles. The predicted molar refractivity (Wildman–Crippen MR) is 109 cm³/mol. The number of anilines is 2. The standard InChI is InChI=1S/C21H23N3O3S/c1-13(23-14-7-8-17-18(11-14)27-10-9-26-17)20(25)24-21-16(12-22)15-5-3-2-4-6-19(15)28-21/h7-8,11,13,23H,2-6,9-10H2,1H3,(H,24,25). The zero-order chi connectivity index (χ0) is 19.5. The van der Waals surface area contributed by atoms with Gasteiger partial charge in [-0.25, -0.2) is 0 Å². The van der Waals surface area contributed by atoms with Gasteiger partial charge in [0.05, 0.1) is 5.56 Å². The Kier molecular flexibility index (Phi) is 5.40. The summed E-state index contributed by atoms with van der Waals surface area (Å²) in [6, 6.07) is 7.39. The number of hydrogen-bond donors (Lipinski definition) is 2. The zero-order valence-electron chi connectivity index (χ0n) is 15.8. The third-order valence-electron chi connectivity index (χ3n) is 5.09. The van der Waals surface area contributed by atoms with Crippen LogP contribution in [0, 0.1) is 11.3 Å². The maximum absolute atomic E-state index is 12.7. The number of aryl methyl sites for hydroxylation is 1. The fourth-order valence-electron chi connectivity index (χ4n) is 3.62. The molecule has 0 saturated heterocycles. The van der Waals surface area contributed by atoms with Crippen LogP contribution in [-0.4, -0.2) is 25.2 Å². The van der Waals surface area contributed by atoms with E-state index in [0.29, 0.717) is 35.3 Å². The van der Waals surface area contributed by atoms with Gasteiger partial charge in [-0.2, -0.15) is 5.26 Å². The average molecular weight is 398 g/mol. The van der Waals surface area contributed by atoms with Crippen LogP contribution < -0.4 is 20.1 Å². The fourth-order valence-corrected chi connectivity index (χ4v) is 4.86. The van der Waals surface area contributed by atoms with Crippen LogP contribution in [0.5, 0.6) is 11.5 Å². The lowest BCUT2D eigenvalue weighted by atomic mass is 10.1. The minimum absolute atomic E-state index is 0.164. The Hall–Kier alpha value is -2.72. The molecule has 0 bridgehead atoms. The molecule has 0 saturated carbocycles. The molecule has 2 heterocycles. The molecule has 2 aromatic rings. The SMILES string of the molecule is CC(Nc1ccc2c(c1)OCCO2)C(=O)Nc1sc2c(c1C#N)CCCCC2. The minimum atomic E-state index is -0.462.